The zero-order valence-corrected chi connectivity index (χ0v) is 12.0. The second-order valence-electron chi connectivity index (χ2n) is 4.84. The first-order chi connectivity index (χ1) is 9.67. The highest BCUT2D eigenvalue weighted by Gasteiger charge is 2.09. The smallest absolute Gasteiger partial charge is 0.221 e. The van der Waals surface area contributed by atoms with E-state index < -0.39 is 0 Å². The molecule has 0 radical (unpaired) electrons. The highest BCUT2D eigenvalue weighted by Crippen LogP contribution is 2.28. The molecular weight excluding hydrogens is 250 g/mol. The van der Waals surface area contributed by atoms with Crippen LogP contribution in [0.4, 0.5) is 5.69 Å². The van der Waals surface area contributed by atoms with Gasteiger partial charge in [-0.2, -0.15) is 0 Å². The molecular formula is C16H21N3O. The number of amides is 1. The van der Waals surface area contributed by atoms with Gasteiger partial charge >= 0.3 is 0 Å². The molecule has 0 atom stereocenters. The normalized spacial score (nSPS) is 10.6. The van der Waals surface area contributed by atoms with Gasteiger partial charge in [0.05, 0.1) is 0 Å². The summed E-state index contributed by atoms with van der Waals surface area (Å²) in [6.07, 6.45) is 0.486. The minimum atomic E-state index is 0.0553. The number of nitrogens with one attached hydrogen (secondary N) is 1. The Morgan fingerprint density at radius 1 is 1.20 bits per heavy atom. The van der Waals surface area contributed by atoms with Crippen molar-refractivity contribution in [1.29, 1.82) is 0 Å². The molecule has 0 spiro atoms. The topological polar surface area (TPSA) is 58.4 Å². The molecule has 2 aromatic carbocycles. The van der Waals surface area contributed by atoms with Crippen molar-refractivity contribution in [3.63, 3.8) is 0 Å². The van der Waals surface area contributed by atoms with Crippen LogP contribution in [0.2, 0.25) is 0 Å². The molecule has 2 rings (SSSR count). The lowest BCUT2D eigenvalue weighted by molar-refractivity contribution is -0.120. The Morgan fingerprint density at radius 2 is 1.90 bits per heavy atom. The van der Waals surface area contributed by atoms with Crippen molar-refractivity contribution < 1.29 is 4.79 Å². The van der Waals surface area contributed by atoms with Gasteiger partial charge in [0.2, 0.25) is 5.91 Å². The summed E-state index contributed by atoms with van der Waals surface area (Å²) in [6, 6.07) is 12.4. The lowest BCUT2D eigenvalue weighted by atomic mass is 10.0. The van der Waals surface area contributed by atoms with Crippen LogP contribution in [0.5, 0.6) is 0 Å². The number of hydrogen-bond acceptors (Lipinski definition) is 3. The van der Waals surface area contributed by atoms with Crippen molar-refractivity contribution >= 4 is 22.4 Å². The summed E-state index contributed by atoms with van der Waals surface area (Å²) in [6.45, 7) is 1.22. The van der Waals surface area contributed by atoms with E-state index in [-0.39, 0.29) is 5.91 Å². The van der Waals surface area contributed by atoms with Gasteiger partial charge in [0, 0.05) is 44.7 Å². The highest BCUT2D eigenvalue weighted by atomic mass is 16.1. The predicted octanol–water partition coefficient (Wildman–Crippen LogP) is 1.87. The fraction of sp³-hybridized carbons (Fsp3) is 0.312. The average Bonchev–Trinajstić information content (AvgIpc) is 2.51. The molecule has 0 saturated heterocycles. The van der Waals surface area contributed by atoms with Crippen LogP contribution in [0.25, 0.3) is 10.8 Å². The van der Waals surface area contributed by atoms with Gasteiger partial charge in [0.25, 0.3) is 0 Å². The van der Waals surface area contributed by atoms with Crippen LogP contribution in [0.1, 0.15) is 12.0 Å². The van der Waals surface area contributed by atoms with Crippen molar-refractivity contribution in [3.8, 4) is 0 Å². The molecule has 106 valence electrons. The maximum absolute atomic E-state index is 11.4. The number of rotatable bonds is 5. The molecule has 0 aliphatic heterocycles. The van der Waals surface area contributed by atoms with Gasteiger partial charge in [-0.15, -0.1) is 0 Å². The zero-order valence-electron chi connectivity index (χ0n) is 12.0. The minimum Gasteiger partial charge on any atom is -0.374 e. The molecule has 0 fully saturated rings. The van der Waals surface area contributed by atoms with E-state index in [1.165, 1.54) is 10.8 Å². The quantitative estimate of drug-likeness (QED) is 0.873. The Bertz CT molecular complexity index is 610. The SMILES string of the molecule is CNC(=O)CCN(C)c1ccc(CN)c2ccccc12. The predicted molar refractivity (Wildman–Crippen MR) is 83.8 cm³/mol. The third kappa shape index (κ3) is 2.91. The van der Waals surface area contributed by atoms with E-state index in [0.29, 0.717) is 19.5 Å². The summed E-state index contributed by atoms with van der Waals surface area (Å²) in [7, 11) is 3.67. The number of nitrogens with zero attached hydrogens (tertiary/aromatic N) is 1. The van der Waals surface area contributed by atoms with E-state index in [2.05, 4.69) is 34.5 Å². The van der Waals surface area contributed by atoms with Crippen molar-refractivity contribution in [2.24, 2.45) is 5.73 Å². The molecule has 4 heteroatoms. The van der Waals surface area contributed by atoms with Crippen LogP contribution in [0, 0.1) is 0 Å². The van der Waals surface area contributed by atoms with Crippen molar-refractivity contribution in [1.82, 2.24) is 5.32 Å². The lowest BCUT2D eigenvalue weighted by Gasteiger charge is -2.22. The fourth-order valence-corrected chi connectivity index (χ4v) is 2.37. The van der Waals surface area contributed by atoms with Gasteiger partial charge in [0.1, 0.15) is 0 Å². The van der Waals surface area contributed by atoms with Crippen LogP contribution in [-0.4, -0.2) is 26.5 Å². The number of fused-ring (bicyclic) bond motifs is 1. The summed E-state index contributed by atoms with van der Waals surface area (Å²) in [4.78, 5) is 13.5. The van der Waals surface area contributed by atoms with Crippen molar-refractivity contribution in [2.75, 3.05) is 25.5 Å². The Balaban J connectivity index is 2.32. The lowest BCUT2D eigenvalue weighted by Crippen LogP contribution is -2.26. The largest absolute Gasteiger partial charge is 0.374 e. The highest BCUT2D eigenvalue weighted by molar-refractivity contribution is 5.96. The first-order valence-electron chi connectivity index (χ1n) is 6.79. The summed E-state index contributed by atoms with van der Waals surface area (Å²) in [5, 5.41) is 5.00. The Labute approximate surface area is 119 Å². The first kappa shape index (κ1) is 14.3. The Morgan fingerprint density at radius 3 is 2.55 bits per heavy atom. The van der Waals surface area contributed by atoms with E-state index in [0.717, 1.165) is 11.3 Å². The maximum Gasteiger partial charge on any atom is 0.221 e. The van der Waals surface area contributed by atoms with E-state index in [1.54, 1.807) is 7.05 Å². The Kier molecular flexibility index (Phi) is 4.58. The molecule has 0 aromatic heterocycles. The molecule has 3 N–H and O–H groups in total. The molecule has 2 aromatic rings. The zero-order chi connectivity index (χ0) is 14.5. The monoisotopic (exact) mass is 271 g/mol. The molecule has 1 amide bonds. The summed E-state index contributed by atoms with van der Waals surface area (Å²) < 4.78 is 0. The number of anilines is 1. The van der Waals surface area contributed by atoms with Gasteiger partial charge < -0.3 is 16.0 Å². The standard InChI is InChI=1S/C16H21N3O/c1-18-16(20)9-10-19(2)15-8-7-12(11-17)13-5-3-4-6-14(13)15/h3-8H,9-11,17H2,1-2H3,(H,18,20). The van der Waals surface area contributed by atoms with Crippen LogP contribution in [0.3, 0.4) is 0 Å². The average molecular weight is 271 g/mol. The van der Waals surface area contributed by atoms with Crippen LogP contribution < -0.4 is 16.0 Å². The second-order valence-corrected chi connectivity index (χ2v) is 4.84. The molecule has 4 nitrogen and oxygen atoms in total. The number of carbonyl (C=O) groups is 1. The minimum absolute atomic E-state index is 0.0553. The number of hydrogen-bond donors (Lipinski definition) is 2. The van der Waals surface area contributed by atoms with Gasteiger partial charge in [-0.25, -0.2) is 0 Å². The number of benzene rings is 2. The van der Waals surface area contributed by atoms with E-state index in [9.17, 15) is 4.79 Å². The van der Waals surface area contributed by atoms with Gasteiger partial charge in [-0.1, -0.05) is 30.3 Å². The second kappa shape index (κ2) is 6.39. The number of carbonyl (C=O) groups excluding carboxylic acids is 1. The van der Waals surface area contributed by atoms with E-state index in [1.807, 2.05) is 19.2 Å². The summed E-state index contributed by atoms with van der Waals surface area (Å²) in [5.74, 6) is 0.0553. The van der Waals surface area contributed by atoms with Crippen LogP contribution in [-0.2, 0) is 11.3 Å². The maximum atomic E-state index is 11.4. The molecule has 0 bridgehead atoms. The summed E-state index contributed by atoms with van der Waals surface area (Å²) in [5.41, 5.74) is 8.06. The van der Waals surface area contributed by atoms with E-state index in [4.69, 9.17) is 5.73 Å². The van der Waals surface area contributed by atoms with Gasteiger partial charge in [0.15, 0.2) is 0 Å². The van der Waals surface area contributed by atoms with Crippen molar-refractivity contribution in [3.05, 3.63) is 42.0 Å². The molecule has 20 heavy (non-hydrogen) atoms. The van der Waals surface area contributed by atoms with Crippen LogP contribution >= 0.6 is 0 Å². The van der Waals surface area contributed by atoms with Crippen molar-refractivity contribution in [2.45, 2.75) is 13.0 Å². The van der Waals surface area contributed by atoms with Gasteiger partial charge in [-0.3, -0.25) is 4.79 Å². The molecule has 0 heterocycles. The third-order valence-corrected chi connectivity index (χ3v) is 3.58. The molecule has 0 unspecified atom stereocenters. The first-order valence-corrected chi connectivity index (χ1v) is 6.79. The van der Waals surface area contributed by atoms with E-state index >= 15 is 0 Å². The summed E-state index contributed by atoms with van der Waals surface area (Å²) >= 11 is 0. The molecule has 0 aliphatic carbocycles. The molecule has 0 saturated carbocycles. The fourth-order valence-electron chi connectivity index (χ4n) is 2.37. The Hall–Kier alpha value is -2.07. The van der Waals surface area contributed by atoms with Crippen LogP contribution in [0.15, 0.2) is 36.4 Å². The third-order valence-electron chi connectivity index (χ3n) is 3.58. The number of nitrogens with two attached hydrogens (primary N) is 1. The van der Waals surface area contributed by atoms with Gasteiger partial charge in [-0.05, 0) is 17.0 Å². The molecule has 0 aliphatic rings.